The predicted molar refractivity (Wildman–Crippen MR) is 149 cm³/mol. The van der Waals surface area contributed by atoms with E-state index in [-0.39, 0.29) is 23.3 Å². The number of thioether (sulfide) groups is 1. The highest BCUT2D eigenvalue weighted by atomic mass is 32.2. The van der Waals surface area contributed by atoms with Crippen LogP contribution in [-0.2, 0) is 22.4 Å². The van der Waals surface area contributed by atoms with Crippen LogP contribution in [0.15, 0.2) is 57.8 Å². The van der Waals surface area contributed by atoms with Crippen LogP contribution < -0.4 is 10.9 Å². The van der Waals surface area contributed by atoms with E-state index in [1.165, 1.54) is 35.3 Å². The maximum atomic E-state index is 13.0. The van der Waals surface area contributed by atoms with Gasteiger partial charge in [0.1, 0.15) is 4.83 Å². The molecule has 0 saturated heterocycles. The number of carbonyl (C=O) groups excluding carboxylic acids is 2. The summed E-state index contributed by atoms with van der Waals surface area (Å²) in [6, 6.07) is 13.1. The van der Waals surface area contributed by atoms with Gasteiger partial charge in [0.05, 0.1) is 22.8 Å². The van der Waals surface area contributed by atoms with Gasteiger partial charge in [-0.3, -0.25) is 9.59 Å². The van der Waals surface area contributed by atoms with Gasteiger partial charge in [-0.15, -0.1) is 11.3 Å². The van der Waals surface area contributed by atoms with Crippen molar-refractivity contribution in [2.24, 2.45) is 0 Å². The summed E-state index contributed by atoms with van der Waals surface area (Å²) >= 11 is 2.59. The van der Waals surface area contributed by atoms with Crippen molar-refractivity contribution in [1.82, 2.24) is 9.97 Å². The Hall–Kier alpha value is -3.43. The number of hydrogen-bond donors (Lipinski definition) is 2. The Bertz CT molecular complexity index is 1540. The minimum Gasteiger partial charge on any atom is -0.459 e. The van der Waals surface area contributed by atoms with Crippen LogP contribution in [-0.4, -0.2) is 33.7 Å². The van der Waals surface area contributed by atoms with Gasteiger partial charge < -0.3 is 15.0 Å². The molecule has 1 aliphatic rings. The zero-order valence-corrected chi connectivity index (χ0v) is 22.3. The van der Waals surface area contributed by atoms with Crippen molar-refractivity contribution in [3.63, 3.8) is 0 Å². The van der Waals surface area contributed by atoms with Crippen molar-refractivity contribution in [3.05, 3.63) is 74.9 Å². The molecule has 0 bridgehead atoms. The number of aryl methyl sites for hydroxylation is 2. The highest BCUT2D eigenvalue weighted by molar-refractivity contribution is 7.99. The van der Waals surface area contributed by atoms with Crippen molar-refractivity contribution in [1.29, 1.82) is 0 Å². The second kappa shape index (κ2) is 10.9. The van der Waals surface area contributed by atoms with Gasteiger partial charge in [0.25, 0.3) is 5.56 Å². The highest BCUT2D eigenvalue weighted by Gasteiger charge is 2.17. The quantitative estimate of drug-likeness (QED) is 0.176. The largest absolute Gasteiger partial charge is 0.459 e. The molecule has 0 aliphatic heterocycles. The lowest BCUT2D eigenvalue weighted by atomic mass is 9.89. The number of rotatable bonds is 7. The molecule has 7 nitrogen and oxygen atoms in total. The number of H-pyrrole nitrogens is 1. The van der Waals surface area contributed by atoms with Crippen LogP contribution in [0.3, 0.4) is 0 Å². The second-order valence-corrected chi connectivity index (χ2v) is 11.1. The average molecular weight is 534 g/mol. The summed E-state index contributed by atoms with van der Waals surface area (Å²) in [6.07, 6.45) is 4.40. The zero-order chi connectivity index (χ0) is 25.9. The van der Waals surface area contributed by atoms with Crippen molar-refractivity contribution in [3.8, 4) is 11.1 Å². The summed E-state index contributed by atoms with van der Waals surface area (Å²) in [6.45, 7) is 3.56. The molecule has 0 radical (unpaired) electrons. The van der Waals surface area contributed by atoms with Crippen LogP contribution in [0.25, 0.3) is 21.3 Å². The fourth-order valence-corrected chi connectivity index (χ4v) is 6.11. The van der Waals surface area contributed by atoms with Gasteiger partial charge in [0, 0.05) is 16.6 Å². The van der Waals surface area contributed by atoms with E-state index in [0.717, 1.165) is 35.7 Å². The molecule has 0 spiro atoms. The van der Waals surface area contributed by atoms with Gasteiger partial charge in [0.15, 0.2) is 5.16 Å². The number of nitrogens with zero attached hydrogens (tertiary/aromatic N) is 1. The lowest BCUT2D eigenvalue weighted by Crippen LogP contribution is -2.16. The first kappa shape index (κ1) is 25.2. The molecule has 5 rings (SSSR count). The van der Waals surface area contributed by atoms with Gasteiger partial charge in [-0.05, 0) is 74.4 Å². The van der Waals surface area contributed by atoms with E-state index in [0.29, 0.717) is 26.6 Å². The number of nitrogens with one attached hydrogen (secondary N) is 2. The molecule has 2 aromatic heterocycles. The molecule has 2 N–H and O–H groups in total. The average Bonchev–Trinajstić information content (AvgIpc) is 3.32. The Labute approximate surface area is 222 Å². The van der Waals surface area contributed by atoms with Gasteiger partial charge >= 0.3 is 5.97 Å². The number of aromatic nitrogens is 2. The minimum atomic E-state index is -0.443. The summed E-state index contributed by atoms with van der Waals surface area (Å²) in [5.74, 6) is -0.664. The molecule has 2 aromatic carbocycles. The Kier molecular flexibility index (Phi) is 7.43. The zero-order valence-electron chi connectivity index (χ0n) is 20.6. The van der Waals surface area contributed by atoms with E-state index in [4.69, 9.17) is 4.74 Å². The highest BCUT2D eigenvalue weighted by Crippen LogP contribution is 2.34. The normalized spacial score (nSPS) is 12.9. The first-order valence-electron chi connectivity index (χ1n) is 12.2. The molecule has 4 aromatic rings. The second-order valence-electron chi connectivity index (χ2n) is 9.26. The molecule has 0 atom stereocenters. The molecular weight excluding hydrogens is 506 g/mol. The van der Waals surface area contributed by atoms with Gasteiger partial charge in [0.2, 0.25) is 5.91 Å². The van der Waals surface area contributed by atoms with Crippen molar-refractivity contribution >= 4 is 50.9 Å². The smallest absolute Gasteiger partial charge is 0.338 e. The molecule has 0 fully saturated rings. The molecular formula is C28H27N3O4S2. The first-order chi connectivity index (χ1) is 17.9. The number of fused-ring (bicyclic) bond motifs is 2. The van der Waals surface area contributed by atoms with Crippen LogP contribution >= 0.6 is 23.1 Å². The van der Waals surface area contributed by atoms with Gasteiger partial charge in [-0.1, -0.05) is 36.0 Å². The minimum absolute atomic E-state index is 0.0537. The lowest BCUT2D eigenvalue weighted by molar-refractivity contribution is -0.113. The Morgan fingerprint density at radius 1 is 1.14 bits per heavy atom. The number of amides is 1. The topological polar surface area (TPSA) is 101 Å². The Balaban J connectivity index is 1.27. The summed E-state index contributed by atoms with van der Waals surface area (Å²) in [7, 11) is 0. The van der Waals surface area contributed by atoms with Crippen molar-refractivity contribution in [2.45, 2.75) is 50.8 Å². The van der Waals surface area contributed by atoms with Crippen molar-refractivity contribution < 1.29 is 14.3 Å². The predicted octanol–water partition coefficient (Wildman–Crippen LogP) is 5.83. The number of esters is 1. The number of anilines is 1. The van der Waals surface area contributed by atoms with E-state index in [2.05, 4.69) is 33.5 Å². The maximum absolute atomic E-state index is 13.0. The molecule has 2 heterocycles. The maximum Gasteiger partial charge on any atom is 0.338 e. The monoisotopic (exact) mass is 533 g/mol. The summed E-state index contributed by atoms with van der Waals surface area (Å²) in [5, 5.41) is 5.73. The third kappa shape index (κ3) is 5.78. The van der Waals surface area contributed by atoms with Crippen LogP contribution in [0.4, 0.5) is 5.69 Å². The number of thiophene rings is 1. The number of hydrogen-bond acceptors (Lipinski definition) is 7. The third-order valence-corrected chi connectivity index (χ3v) is 7.89. The SMILES string of the molecule is CC(C)OC(=O)c1cccc(NC(=O)CSc2nc3scc(-c4ccc5c(c4)CCCC5)c3c(=O)[nH]2)c1. The Morgan fingerprint density at radius 2 is 1.95 bits per heavy atom. The van der Waals surface area contributed by atoms with E-state index in [9.17, 15) is 14.4 Å². The summed E-state index contributed by atoms with van der Waals surface area (Å²) in [5.41, 5.74) is 5.36. The molecule has 9 heteroatoms. The number of benzene rings is 2. The van der Waals surface area contributed by atoms with E-state index in [1.54, 1.807) is 38.1 Å². The van der Waals surface area contributed by atoms with E-state index >= 15 is 0 Å². The number of carbonyl (C=O) groups is 2. The molecule has 190 valence electrons. The van der Waals surface area contributed by atoms with E-state index in [1.807, 2.05) is 5.38 Å². The van der Waals surface area contributed by atoms with Crippen LogP contribution in [0.5, 0.6) is 0 Å². The third-order valence-electron chi connectivity index (χ3n) is 6.15. The molecule has 0 saturated carbocycles. The number of ether oxygens (including phenoxy) is 1. The van der Waals surface area contributed by atoms with Crippen molar-refractivity contribution in [2.75, 3.05) is 11.1 Å². The first-order valence-corrected chi connectivity index (χ1v) is 14.1. The number of aromatic amines is 1. The lowest BCUT2D eigenvalue weighted by Gasteiger charge is -2.16. The molecule has 37 heavy (non-hydrogen) atoms. The fraction of sp³-hybridized carbons (Fsp3) is 0.286. The fourth-order valence-electron chi connectivity index (χ4n) is 4.45. The Morgan fingerprint density at radius 3 is 2.76 bits per heavy atom. The molecule has 1 amide bonds. The van der Waals surface area contributed by atoms with Gasteiger partial charge in [-0.2, -0.15) is 0 Å². The standard InChI is InChI=1S/C28H27N3O4S2/c1-16(2)35-27(34)20-8-5-9-21(13-20)29-23(32)15-37-28-30-25(33)24-22(14-36-26(24)31-28)19-11-10-17-6-3-4-7-18(17)12-19/h5,8-14,16H,3-4,6-7,15H2,1-2H3,(H,29,32)(H,30,31,33). The van der Waals surface area contributed by atoms with E-state index < -0.39 is 5.97 Å². The molecule has 1 aliphatic carbocycles. The van der Waals surface area contributed by atoms with Crippen LogP contribution in [0.1, 0.15) is 48.2 Å². The van der Waals surface area contributed by atoms with Crippen LogP contribution in [0.2, 0.25) is 0 Å². The van der Waals surface area contributed by atoms with Crippen LogP contribution in [0, 0.1) is 0 Å². The molecule has 0 unspecified atom stereocenters. The van der Waals surface area contributed by atoms with Gasteiger partial charge in [-0.25, -0.2) is 9.78 Å². The summed E-state index contributed by atoms with van der Waals surface area (Å²) in [4.78, 5) is 45.7. The summed E-state index contributed by atoms with van der Waals surface area (Å²) < 4.78 is 5.21.